The molecule has 1 unspecified atom stereocenters. The molecule has 5 aromatic rings. The molecule has 3 aromatic heterocycles. The highest BCUT2D eigenvalue weighted by atomic mass is 19.4. The van der Waals surface area contributed by atoms with E-state index in [1.54, 1.807) is 18.2 Å². The topological polar surface area (TPSA) is 25.6 Å². The third-order valence-corrected chi connectivity index (χ3v) is 9.99. The van der Waals surface area contributed by atoms with Gasteiger partial charge in [0.25, 0.3) is 0 Å². The van der Waals surface area contributed by atoms with Crippen LogP contribution in [0.4, 0.5) is 17.6 Å². The van der Waals surface area contributed by atoms with Gasteiger partial charge in [-0.05, 0) is 42.5 Å². The molecule has 4 heterocycles. The Kier molecular flexibility index (Phi) is 5.51. The number of alkyl halides is 3. The Morgan fingerprint density at radius 2 is 1.65 bits per heavy atom. The number of aromatic nitrogens is 4. The molecule has 7 rings (SSSR count). The first kappa shape index (κ1) is 27.5. The summed E-state index contributed by atoms with van der Waals surface area (Å²) in [6.45, 7) is 10.7. The SMILES string of the molecule is Cn1nc(C(F)(F)F)cc1-c1cccc[n+]1/C=C/C1(C)[n+]2ccc3cccc4c3c2-c2c(ccc(F)c2C4(C)C)C1(C)C. The van der Waals surface area contributed by atoms with Crippen molar-refractivity contribution < 1.29 is 26.7 Å². The second-order valence-electron chi connectivity index (χ2n) is 12.9. The monoisotopic (exact) mass is 584 g/mol. The molecule has 0 saturated carbocycles. The minimum absolute atomic E-state index is 0.212. The van der Waals surface area contributed by atoms with Gasteiger partial charge in [-0.1, -0.05) is 38.1 Å². The summed E-state index contributed by atoms with van der Waals surface area (Å²) in [4.78, 5) is 0. The normalized spacial score (nSPS) is 19.8. The van der Waals surface area contributed by atoms with Crippen LogP contribution in [0.15, 0.2) is 79.1 Å². The largest absolute Gasteiger partial charge is 0.435 e. The lowest BCUT2D eigenvalue weighted by atomic mass is 9.59. The van der Waals surface area contributed by atoms with E-state index < -0.39 is 28.2 Å². The van der Waals surface area contributed by atoms with Crippen molar-refractivity contribution in [1.29, 1.82) is 0 Å². The van der Waals surface area contributed by atoms with Gasteiger partial charge in [-0.2, -0.15) is 27.4 Å². The number of aryl methyl sites for hydroxylation is 1. The third kappa shape index (κ3) is 3.58. The molecule has 43 heavy (non-hydrogen) atoms. The first-order valence-corrected chi connectivity index (χ1v) is 14.3. The zero-order chi connectivity index (χ0) is 30.7. The standard InChI is InChI=1S/C35H32F4N4/c1-32(2)22-11-9-10-21-15-18-43-31(28(21)22)29-23(13-14-24(36)30(29)32)33(3,4)34(43,5)16-19-42-17-8-7-12-25(42)26-20-27(35(37,38)39)40-41(26)6/h7-20H,1-6H3/q+2/b19-16+. The van der Waals surface area contributed by atoms with Crippen LogP contribution in [0.3, 0.4) is 0 Å². The predicted molar refractivity (Wildman–Crippen MR) is 158 cm³/mol. The van der Waals surface area contributed by atoms with Gasteiger partial charge in [0.1, 0.15) is 11.5 Å². The van der Waals surface area contributed by atoms with Crippen LogP contribution in [0.1, 0.15) is 57.0 Å². The smallest absolute Gasteiger partial charge is 0.261 e. The first-order chi connectivity index (χ1) is 20.2. The molecule has 2 aliphatic rings. The molecular weight excluding hydrogens is 552 g/mol. The summed E-state index contributed by atoms with van der Waals surface area (Å²) < 4.78 is 61.6. The summed E-state index contributed by atoms with van der Waals surface area (Å²) in [5, 5.41) is 5.94. The lowest BCUT2D eigenvalue weighted by Gasteiger charge is -2.46. The highest BCUT2D eigenvalue weighted by Gasteiger charge is 2.58. The number of nitrogens with zero attached hydrogens (tertiary/aromatic N) is 4. The van der Waals surface area contributed by atoms with Crippen LogP contribution in [0.25, 0.3) is 39.6 Å². The van der Waals surface area contributed by atoms with E-state index in [-0.39, 0.29) is 5.82 Å². The van der Waals surface area contributed by atoms with E-state index in [4.69, 9.17) is 0 Å². The van der Waals surface area contributed by atoms with Crippen molar-refractivity contribution in [1.82, 2.24) is 9.78 Å². The Balaban J connectivity index is 1.48. The van der Waals surface area contributed by atoms with Gasteiger partial charge in [0.2, 0.25) is 11.4 Å². The van der Waals surface area contributed by atoms with E-state index in [2.05, 4.69) is 74.8 Å². The molecule has 0 spiro atoms. The van der Waals surface area contributed by atoms with Crippen LogP contribution in [0.2, 0.25) is 0 Å². The molecule has 1 atom stereocenters. The van der Waals surface area contributed by atoms with Crippen LogP contribution >= 0.6 is 0 Å². The fraction of sp³-hybridized carbons (Fsp3) is 0.286. The maximum atomic E-state index is 15.8. The summed E-state index contributed by atoms with van der Waals surface area (Å²) in [6.07, 6.45) is 3.38. The quantitative estimate of drug-likeness (QED) is 0.160. The van der Waals surface area contributed by atoms with Crippen LogP contribution in [-0.2, 0) is 29.6 Å². The molecule has 0 bridgehead atoms. The van der Waals surface area contributed by atoms with E-state index in [9.17, 15) is 13.2 Å². The van der Waals surface area contributed by atoms with E-state index >= 15 is 4.39 Å². The van der Waals surface area contributed by atoms with Crippen molar-refractivity contribution in [3.63, 3.8) is 0 Å². The molecule has 1 aliphatic carbocycles. The average molecular weight is 585 g/mol. The van der Waals surface area contributed by atoms with Crippen LogP contribution in [0, 0.1) is 5.82 Å². The number of hydrogen-bond acceptors (Lipinski definition) is 1. The van der Waals surface area contributed by atoms with Gasteiger partial charge in [-0.25, -0.2) is 4.39 Å². The van der Waals surface area contributed by atoms with Gasteiger partial charge in [0.15, 0.2) is 29.8 Å². The van der Waals surface area contributed by atoms with Gasteiger partial charge in [0, 0.05) is 49.2 Å². The molecular formula is C35H32F4N4+2. The fourth-order valence-corrected chi connectivity index (χ4v) is 7.30. The maximum Gasteiger partial charge on any atom is 0.435 e. The second-order valence-corrected chi connectivity index (χ2v) is 12.9. The maximum absolute atomic E-state index is 15.8. The number of pyridine rings is 2. The van der Waals surface area contributed by atoms with Crippen molar-refractivity contribution in [3.05, 3.63) is 107 Å². The average Bonchev–Trinajstić information content (AvgIpc) is 3.35. The number of hydrogen-bond donors (Lipinski definition) is 0. The first-order valence-electron chi connectivity index (χ1n) is 14.3. The van der Waals surface area contributed by atoms with Crippen LogP contribution in [0.5, 0.6) is 0 Å². The highest BCUT2D eigenvalue weighted by molar-refractivity contribution is 6.01. The van der Waals surface area contributed by atoms with E-state index in [1.165, 1.54) is 11.7 Å². The molecule has 4 nitrogen and oxygen atoms in total. The number of allylic oxidation sites excluding steroid dienone is 1. The Bertz CT molecular complexity index is 2010. The second kappa shape index (κ2) is 8.62. The summed E-state index contributed by atoms with van der Waals surface area (Å²) in [5.41, 5.74) is 3.10. The van der Waals surface area contributed by atoms with Crippen molar-refractivity contribution in [3.8, 4) is 22.6 Å². The van der Waals surface area contributed by atoms with Gasteiger partial charge in [-0.15, -0.1) is 0 Å². The Morgan fingerprint density at radius 1 is 0.884 bits per heavy atom. The molecule has 1 aliphatic heterocycles. The van der Waals surface area contributed by atoms with Gasteiger partial charge < -0.3 is 0 Å². The van der Waals surface area contributed by atoms with E-state index in [1.807, 2.05) is 35.2 Å². The van der Waals surface area contributed by atoms with E-state index in [0.29, 0.717) is 17.0 Å². The van der Waals surface area contributed by atoms with Gasteiger partial charge in [0.05, 0.1) is 22.4 Å². The zero-order valence-electron chi connectivity index (χ0n) is 24.9. The summed E-state index contributed by atoms with van der Waals surface area (Å²) in [6, 6.07) is 18.3. The molecule has 2 aromatic carbocycles. The third-order valence-electron chi connectivity index (χ3n) is 9.99. The number of rotatable bonds is 3. The van der Waals surface area contributed by atoms with Crippen molar-refractivity contribution in [2.24, 2.45) is 7.05 Å². The minimum Gasteiger partial charge on any atom is -0.261 e. The Hall–Kier alpha value is -4.33. The zero-order valence-corrected chi connectivity index (χ0v) is 24.9. The van der Waals surface area contributed by atoms with Gasteiger partial charge in [-0.3, -0.25) is 4.68 Å². The lowest BCUT2D eigenvalue weighted by molar-refractivity contribution is -0.750. The summed E-state index contributed by atoms with van der Waals surface area (Å²) in [5.74, 6) is -0.212. The fourth-order valence-electron chi connectivity index (χ4n) is 7.30. The Labute approximate surface area is 247 Å². The van der Waals surface area contributed by atoms with Crippen molar-refractivity contribution >= 4 is 17.0 Å². The van der Waals surface area contributed by atoms with Gasteiger partial charge >= 0.3 is 6.18 Å². The molecule has 0 amide bonds. The molecule has 0 fully saturated rings. The number of benzene rings is 2. The molecule has 8 heteroatoms. The molecule has 218 valence electrons. The molecule has 0 radical (unpaired) electrons. The molecule has 0 N–H and O–H groups in total. The van der Waals surface area contributed by atoms with Crippen LogP contribution in [-0.4, -0.2) is 9.78 Å². The summed E-state index contributed by atoms with van der Waals surface area (Å²) in [7, 11) is 1.51. The highest BCUT2D eigenvalue weighted by Crippen LogP contribution is 2.56. The number of halogens is 4. The van der Waals surface area contributed by atoms with Crippen molar-refractivity contribution in [2.45, 2.75) is 57.2 Å². The lowest BCUT2D eigenvalue weighted by Crippen LogP contribution is -2.66. The van der Waals surface area contributed by atoms with E-state index in [0.717, 1.165) is 39.2 Å². The minimum atomic E-state index is -4.54. The summed E-state index contributed by atoms with van der Waals surface area (Å²) >= 11 is 0. The van der Waals surface area contributed by atoms with Crippen LogP contribution < -0.4 is 9.13 Å². The Morgan fingerprint density at radius 3 is 2.37 bits per heavy atom. The molecule has 0 saturated heterocycles. The predicted octanol–water partition coefficient (Wildman–Crippen LogP) is 7.46. The van der Waals surface area contributed by atoms with Crippen molar-refractivity contribution in [2.75, 3.05) is 0 Å².